The number of aryl methyl sites for hydroxylation is 1. The van der Waals surface area contributed by atoms with E-state index in [9.17, 15) is 14.9 Å². The predicted octanol–water partition coefficient (Wildman–Crippen LogP) is 2.66. The minimum absolute atomic E-state index is 0.0877. The summed E-state index contributed by atoms with van der Waals surface area (Å²) in [5.74, 6) is 1.07. The second-order valence-electron chi connectivity index (χ2n) is 7.25. The molecule has 0 saturated carbocycles. The van der Waals surface area contributed by atoms with Crippen molar-refractivity contribution in [1.29, 1.82) is 0 Å². The molecular formula is C22H21N7O4. The first-order valence-electron chi connectivity index (χ1n) is 10.0. The van der Waals surface area contributed by atoms with Crippen LogP contribution in [0.2, 0.25) is 0 Å². The van der Waals surface area contributed by atoms with Gasteiger partial charge in [-0.3, -0.25) is 19.6 Å². The third-order valence-corrected chi connectivity index (χ3v) is 5.02. The topological polar surface area (TPSA) is 129 Å². The van der Waals surface area contributed by atoms with Gasteiger partial charge in [0.2, 0.25) is 0 Å². The van der Waals surface area contributed by atoms with Crippen LogP contribution in [0.1, 0.15) is 17.0 Å². The van der Waals surface area contributed by atoms with Gasteiger partial charge in [0.25, 0.3) is 5.91 Å². The Morgan fingerprint density at radius 3 is 2.88 bits per heavy atom. The van der Waals surface area contributed by atoms with E-state index >= 15 is 0 Å². The predicted molar refractivity (Wildman–Crippen MR) is 121 cm³/mol. The molecule has 1 amide bonds. The highest BCUT2D eigenvalue weighted by Gasteiger charge is 2.12. The normalized spacial score (nSPS) is 11.2. The molecule has 0 aliphatic heterocycles. The highest BCUT2D eigenvalue weighted by molar-refractivity contribution is 5.84. The molecule has 0 aliphatic carbocycles. The van der Waals surface area contributed by atoms with Crippen molar-refractivity contribution in [3.63, 3.8) is 0 Å². The quantitative estimate of drug-likeness (QED) is 0.251. The minimum atomic E-state index is -0.499. The van der Waals surface area contributed by atoms with Crippen LogP contribution in [0, 0.1) is 17.0 Å². The summed E-state index contributed by atoms with van der Waals surface area (Å²) in [4.78, 5) is 27.2. The number of nitrogens with one attached hydrogen (secondary N) is 1. The first-order chi connectivity index (χ1) is 15.9. The Hall–Kier alpha value is -4.54. The number of hydrazone groups is 1. The number of ether oxygens (including phenoxy) is 1. The van der Waals surface area contributed by atoms with Crippen molar-refractivity contribution in [1.82, 2.24) is 24.8 Å². The summed E-state index contributed by atoms with van der Waals surface area (Å²) in [6.07, 6.45) is 4.06. The van der Waals surface area contributed by atoms with Crippen molar-refractivity contribution in [2.45, 2.75) is 20.0 Å². The molecule has 33 heavy (non-hydrogen) atoms. The monoisotopic (exact) mass is 447 g/mol. The average Bonchev–Trinajstić information content (AvgIpc) is 3.39. The maximum Gasteiger partial charge on any atom is 0.307 e. The number of carbonyl (C=O) groups excluding carboxylic acids is 1. The summed E-state index contributed by atoms with van der Waals surface area (Å²) in [6, 6.07) is 13.0. The van der Waals surface area contributed by atoms with E-state index in [1.807, 2.05) is 41.8 Å². The summed E-state index contributed by atoms with van der Waals surface area (Å²) in [7, 11) is 1.54. The van der Waals surface area contributed by atoms with Crippen LogP contribution in [0.25, 0.3) is 11.0 Å². The number of nitro groups is 1. The highest BCUT2D eigenvalue weighted by Crippen LogP contribution is 2.21. The molecular weight excluding hydrogens is 426 g/mol. The fourth-order valence-corrected chi connectivity index (χ4v) is 3.46. The van der Waals surface area contributed by atoms with Crippen molar-refractivity contribution in [2.75, 3.05) is 7.11 Å². The van der Waals surface area contributed by atoms with Gasteiger partial charge < -0.3 is 9.30 Å². The largest absolute Gasteiger partial charge is 0.496 e. The maximum absolute atomic E-state index is 12.4. The number of nitrogens with zero attached hydrogens (tertiary/aromatic N) is 6. The number of methoxy groups -OCH3 is 1. The number of carbonyl (C=O) groups is 1. The van der Waals surface area contributed by atoms with Gasteiger partial charge in [0, 0.05) is 5.56 Å². The van der Waals surface area contributed by atoms with Crippen LogP contribution in [0.15, 0.2) is 60.0 Å². The summed E-state index contributed by atoms with van der Waals surface area (Å²) in [6.45, 7) is 2.22. The zero-order chi connectivity index (χ0) is 23.4. The van der Waals surface area contributed by atoms with Gasteiger partial charge in [0.1, 0.15) is 30.5 Å². The molecule has 11 nitrogen and oxygen atoms in total. The van der Waals surface area contributed by atoms with Crippen LogP contribution >= 0.6 is 0 Å². The molecule has 0 saturated heterocycles. The number of para-hydroxylation sites is 2. The lowest BCUT2D eigenvalue weighted by Crippen LogP contribution is -2.23. The molecule has 168 valence electrons. The van der Waals surface area contributed by atoms with E-state index < -0.39 is 4.92 Å². The van der Waals surface area contributed by atoms with E-state index in [0.717, 1.165) is 28.0 Å². The van der Waals surface area contributed by atoms with Crippen molar-refractivity contribution in [3.05, 3.63) is 81.9 Å². The number of fused-ring (bicyclic) bond motifs is 1. The molecule has 2 aromatic carbocycles. The van der Waals surface area contributed by atoms with Gasteiger partial charge in [-0.05, 0) is 42.8 Å². The zero-order valence-electron chi connectivity index (χ0n) is 18.0. The lowest BCUT2D eigenvalue weighted by molar-refractivity contribution is -0.385. The maximum atomic E-state index is 12.4. The van der Waals surface area contributed by atoms with Gasteiger partial charge in [-0.25, -0.2) is 10.4 Å². The fourth-order valence-electron chi connectivity index (χ4n) is 3.46. The summed E-state index contributed by atoms with van der Waals surface area (Å²) in [5.41, 5.74) is 5.64. The molecule has 2 heterocycles. The van der Waals surface area contributed by atoms with E-state index in [1.165, 1.54) is 23.3 Å². The molecule has 0 aliphatic rings. The molecule has 0 bridgehead atoms. The fraction of sp³-hybridized carbons (Fsp3) is 0.182. The van der Waals surface area contributed by atoms with Crippen LogP contribution in [-0.4, -0.2) is 43.5 Å². The van der Waals surface area contributed by atoms with E-state index in [1.54, 1.807) is 19.2 Å². The van der Waals surface area contributed by atoms with Crippen molar-refractivity contribution in [2.24, 2.45) is 5.10 Å². The summed E-state index contributed by atoms with van der Waals surface area (Å²) >= 11 is 0. The van der Waals surface area contributed by atoms with E-state index in [2.05, 4.69) is 20.6 Å². The van der Waals surface area contributed by atoms with Gasteiger partial charge in [-0.2, -0.15) is 10.2 Å². The van der Waals surface area contributed by atoms with Crippen LogP contribution in [0.5, 0.6) is 5.75 Å². The SMILES string of the molecule is COc1ccc(/C=N/NC(=O)Cn2c(C)nc3ccccc32)cc1Cn1cc([N+](=O)[O-])cn1. The number of aromatic nitrogens is 4. The van der Waals surface area contributed by atoms with Crippen LogP contribution < -0.4 is 10.2 Å². The Bertz CT molecular complexity index is 1360. The first-order valence-corrected chi connectivity index (χ1v) is 10.0. The Balaban J connectivity index is 1.44. The lowest BCUT2D eigenvalue weighted by atomic mass is 10.1. The van der Waals surface area contributed by atoms with Crippen LogP contribution in [0.4, 0.5) is 5.69 Å². The Morgan fingerprint density at radius 2 is 2.12 bits per heavy atom. The number of rotatable bonds is 8. The molecule has 11 heteroatoms. The summed E-state index contributed by atoms with van der Waals surface area (Å²) < 4.78 is 8.66. The van der Waals surface area contributed by atoms with Gasteiger partial charge in [0.05, 0.1) is 35.8 Å². The van der Waals surface area contributed by atoms with Gasteiger partial charge in [-0.1, -0.05) is 12.1 Å². The van der Waals surface area contributed by atoms with E-state index in [-0.39, 0.29) is 24.7 Å². The molecule has 0 fully saturated rings. The smallest absolute Gasteiger partial charge is 0.307 e. The average molecular weight is 447 g/mol. The van der Waals surface area contributed by atoms with Crippen molar-refractivity contribution in [3.8, 4) is 5.75 Å². The molecule has 0 unspecified atom stereocenters. The third kappa shape index (κ3) is 4.87. The molecule has 0 radical (unpaired) electrons. The van der Waals surface area contributed by atoms with Crippen LogP contribution in [0.3, 0.4) is 0 Å². The lowest BCUT2D eigenvalue weighted by Gasteiger charge is -2.09. The first kappa shape index (κ1) is 21.7. The number of benzene rings is 2. The van der Waals surface area contributed by atoms with Gasteiger partial charge in [0.15, 0.2) is 0 Å². The Labute approximate surface area is 188 Å². The summed E-state index contributed by atoms with van der Waals surface area (Å²) in [5, 5.41) is 18.9. The number of imidazole rings is 1. The minimum Gasteiger partial charge on any atom is -0.496 e. The highest BCUT2D eigenvalue weighted by atomic mass is 16.6. The number of hydrogen-bond donors (Lipinski definition) is 1. The van der Waals surface area contributed by atoms with Crippen molar-refractivity contribution < 1.29 is 14.5 Å². The van der Waals surface area contributed by atoms with Gasteiger partial charge in [-0.15, -0.1) is 0 Å². The second-order valence-corrected chi connectivity index (χ2v) is 7.25. The van der Waals surface area contributed by atoms with Gasteiger partial charge >= 0.3 is 5.69 Å². The van der Waals surface area contributed by atoms with Crippen LogP contribution in [-0.2, 0) is 17.9 Å². The molecule has 1 N–H and O–H groups in total. The Morgan fingerprint density at radius 1 is 1.30 bits per heavy atom. The van der Waals surface area contributed by atoms with E-state index in [4.69, 9.17) is 4.74 Å². The second kappa shape index (κ2) is 9.30. The molecule has 4 rings (SSSR count). The molecule has 0 spiro atoms. The number of amides is 1. The van der Waals surface area contributed by atoms with Crippen molar-refractivity contribution >= 4 is 28.8 Å². The number of hydrogen-bond acceptors (Lipinski definition) is 7. The molecule has 0 atom stereocenters. The third-order valence-electron chi connectivity index (χ3n) is 5.02. The zero-order valence-corrected chi connectivity index (χ0v) is 18.0. The standard InChI is InChI=1S/C22H21N7O4/c1-15-25-19-5-3-4-6-20(19)28(15)14-22(30)26-23-10-16-7-8-21(33-2)17(9-16)12-27-13-18(11-24-27)29(31)32/h3-11,13H,12,14H2,1-2H3,(H,26,30)/b23-10+. The molecule has 4 aromatic rings. The Kier molecular flexibility index (Phi) is 6.11. The molecule has 2 aromatic heterocycles. The van der Waals surface area contributed by atoms with E-state index in [0.29, 0.717) is 5.75 Å².